The maximum Gasteiger partial charge on any atom is 0.155 e. The number of anilines is 2. The first-order chi connectivity index (χ1) is 23.4. The van der Waals surface area contributed by atoms with E-state index in [2.05, 4.69) is 177 Å². The Bertz CT molecular complexity index is 2230. The quantitative estimate of drug-likeness (QED) is 0.197. The fourth-order valence-electron chi connectivity index (χ4n) is 8.11. The van der Waals surface area contributed by atoms with Gasteiger partial charge in [0.05, 0.1) is 16.9 Å². The minimum Gasteiger partial charge on any atom is -0.310 e. The molecule has 5 aromatic rings. The lowest BCUT2D eigenvalue weighted by Crippen LogP contribution is -2.30. The van der Waals surface area contributed by atoms with Gasteiger partial charge in [0, 0.05) is 34.7 Å². The van der Waals surface area contributed by atoms with Crippen molar-refractivity contribution in [3.05, 3.63) is 196 Å². The molecular weight excluding hydrogens is 583 g/mol. The van der Waals surface area contributed by atoms with Crippen LogP contribution in [0.25, 0.3) is 5.57 Å². The number of fused-ring (bicyclic) bond motifs is 6. The summed E-state index contributed by atoms with van der Waals surface area (Å²) in [5.74, 6) is 0.980. The van der Waals surface area contributed by atoms with Crippen molar-refractivity contribution in [3.8, 4) is 0 Å². The van der Waals surface area contributed by atoms with Gasteiger partial charge in [-0.05, 0) is 88.4 Å². The van der Waals surface area contributed by atoms with Crippen molar-refractivity contribution in [2.75, 3.05) is 4.90 Å². The van der Waals surface area contributed by atoms with Crippen LogP contribution >= 0.6 is 0 Å². The molecule has 0 aromatic heterocycles. The predicted octanol–water partition coefficient (Wildman–Crippen LogP) is 10.7. The summed E-state index contributed by atoms with van der Waals surface area (Å²) in [5, 5.41) is 0. The molecule has 2 aliphatic heterocycles. The summed E-state index contributed by atoms with van der Waals surface area (Å²) in [7, 11) is 0. The van der Waals surface area contributed by atoms with Crippen molar-refractivity contribution < 1.29 is 0 Å². The zero-order valence-corrected chi connectivity index (χ0v) is 27.6. The molecule has 0 N–H and O–H groups in total. The molecule has 3 nitrogen and oxygen atoms in total. The van der Waals surface area contributed by atoms with Crippen molar-refractivity contribution in [1.82, 2.24) is 0 Å². The summed E-state index contributed by atoms with van der Waals surface area (Å²) in [4.78, 5) is 12.9. The molecule has 9 rings (SSSR count). The SMILES string of the molecule is CC1(c2ccccc2)CC(c2ccccc2)=NC(c2ccc(N3C4=CC(C=C5C(=C4)c4ccccc4C5(C)C)c4ccccc43)cc2)=N1. The fraction of sp³-hybridized carbons (Fsp3) is 0.156. The van der Waals surface area contributed by atoms with Gasteiger partial charge in [-0.15, -0.1) is 0 Å². The molecule has 48 heavy (non-hydrogen) atoms. The molecule has 0 fully saturated rings. The molecule has 232 valence electrons. The molecule has 2 aliphatic carbocycles. The normalized spacial score (nSPS) is 21.8. The fourth-order valence-corrected chi connectivity index (χ4v) is 8.11. The van der Waals surface area contributed by atoms with E-state index in [1.165, 1.54) is 44.8 Å². The number of para-hydroxylation sites is 1. The Morgan fingerprint density at radius 2 is 1.35 bits per heavy atom. The van der Waals surface area contributed by atoms with Crippen LogP contribution in [0.1, 0.15) is 66.5 Å². The van der Waals surface area contributed by atoms with Crippen LogP contribution in [0.5, 0.6) is 0 Å². The number of hydrogen-bond acceptors (Lipinski definition) is 3. The van der Waals surface area contributed by atoms with Gasteiger partial charge in [-0.2, -0.15) is 0 Å². The highest BCUT2D eigenvalue weighted by molar-refractivity contribution is 6.14. The Balaban J connectivity index is 1.14. The monoisotopic (exact) mass is 619 g/mol. The van der Waals surface area contributed by atoms with E-state index in [1.807, 2.05) is 0 Å². The van der Waals surface area contributed by atoms with E-state index in [9.17, 15) is 0 Å². The van der Waals surface area contributed by atoms with Crippen molar-refractivity contribution in [2.24, 2.45) is 9.98 Å². The van der Waals surface area contributed by atoms with Gasteiger partial charge in [0.15, 0.2) is 5.84 Å². The molecule has 2 bridgehead atoms. The molecule has 0 radical (unpaired) electrons. The highest BCUT2D eigenvalue weighted by atomic mass is 15.2. The van der Waals surface area contributed by atoms with Crippen molar-refractivity contribution in [1.29, 1.82) is 0 Å². The summed E-state index contributed by atoms with van der Waals surface area (Å²) in [6.07, 6.45) is 8.09. The number of allylic oxidation sites excluding steroid dienone is 5. The Kier molecular flexibility index (Phi) is 6.42. The zero-order chi connectivity index (χ0) is 32.5. The summed E-state index contributed by atoms with van der Waals surface area (Å²) in [6, 6.07) is 47.7. The number of hydrogen-bond donors (Lipinski definition) is 0. The Labute approximate surface area is 283 Å². The van der Waals surface area contributed by atoms with Gasteiger partial charge in [-0.3, -0.25) is 4.99 Å². The van der Waals surface area contributed by atoms with Crippen LogP contribution in [0.4, 0.5) is 11.4 Å². The van der Waals surface area contributed by atoms with Crippen LogP contribution in [0.2, 0.25) is 0 Å². The minimum atomic E-state index is -0.420. The summed E-state index contributed by atoms with van der Waals surface area (Å²) in [6.45, 7) is 6.96. The lowest BCUT2D eigenvalue weighted by molar-refractivity contribution is 0.515. The third-order valence-electron chi connectivity index (χ3n) is 10.6. The van der Waals surface area contributed by atoms with Crippen molar-refractivity contribution in [3.63, 3.8) is 0 Å². The highest BCUT2D eigenvalue weighted by Gasteiger charge is 2.41. The maximum absolute atomic E-state index is 5.33. The molecular formula is C45H37N3. The predicted molar refractivity (Wildman–Crippen MR) is 199 cm³/mol. The van der Waals surface area contributed by atoms with E-state index in [4.69, 9.17) is 9.98 Å². The average molecular weight is 620 g/mol. The van der Waals surface area contributed by atoms with E-state index in [1.54, 1.807) is 0 Å². The van der Waals surface area contributed by atoms with Crippen LogP contribution in [0, 0.1) is 0 Å². The van der Waals surface area contributed by atoms with Gasteiger partial charge in [0.1, 0.15) is 0 Å². The average Bonchev–Trinajstić information content (AvgIpc) is 3.22. The molecule has 2 atom stereocenters. The van der Waals surface area contributed by atoms with Gasteiger partial charge in [0.2, 0.25) is 0 Å². The van der Waals surface area contributed by atoms with Gasteiger partial charge in [-0.1, -0.05) is 123 Å². The van der Waals surface area contributed by atoms with E-state index < -0.39 is 5.54 Å². The second-order valence-electron chi connectivity index (χ2n) is 14.0. The maximum atomic E-state index is 5.33. The van der Waals surface area contributed by atoms with Crippen LogP contribution in [0.15, 0.2) is 173 Å². The number of benzene rings is 5. The number of aliphatic imine (C=N–C) groups is 2. The van der Waals surface area contributed by atoms with Gasteiger partial charge in [-0.25, -0.2) is 4.99 Å². The molecule has 4 aliphatic rings. The van der Waals surface area contributed by atoms with Crippen LogP contribution in [0.3, 0.4) is 0 Å². The first-order valence-electron chi connectivity index (χ1n) is 16.9. The van der Waals surface area contributed by atoms with E-state index >= 15 is 0 Å². The molecule has 3 heteroatoms. The summed E-state index contributed by atoms with van der Waals surface area (Å²) in [5.41, 5.74) is 14.3. The number of nitrogens with zero attached hydrogens (tertiary/aromatic N) is 3. The first kappa shape index (κ1) is 28.7. The smallest absolute Gasteiger partial charge is 0.155 e. The molecule has 0 amide bonds. The number of amidine groups is 1. The Hall–Kier alpha value is -5.54. The topological polar surface area (TPSA) is 28.0 Å². The van der Waals surface area contributed by atoms with Crippen LogP contribution in [-0.4, -0.2) is 11.5 Å². The largest absolute Gasteiger partial charge is 0.310 e. The van der Waals surface area contributed by atoms with E-state index in [0.29, 0.717) is 0 Å². The first-order valence-corrected chi connectivity index (χ1v) is 16.9. The molecule has 2 heterocycles. The lowest BCUT2D eigenvalue weighted by Gasteiger charge is -2.34. The minimum absolute atomic E-state index is 0.0518. The second-order valence-corrected chi connectivity index (χ2v) is 14.0. The zero-order valence-electron chi connectivity index (χ0n) is 27.6. The Morgan fingerprint density at radius 1 is 0.667 bits per heavy atom. The van der Waals surface area contributed by atoms with Crippen molar-refractivity contribution >= 4 is 28.5 Å². The Morgan fingerprint density at radius 3 is 2.15 bits per heavy atom. The van der Waals surface area contributed by atoms with Gasteiger partial charge < -0.3 is 4.90 Å². The summed E-state index contributed by atoms with van der Waals surface area (Å²) < 4.78 is 0. The van der Waals surface area contributed by atoms with Gasteiger partial charge >= 0.3 is 0 Å². The molecule has 0 saturated heterocycles. The van der Waals surface area contributed by atoms with Gasteiger partial charge in [0.25, 0.3) is 0 Å². The second kappa shape index (κ2) is 10.7. The molecule has 0 saturated carbocycles. The number of rotatable bonds is 4. The third-order valence-corrected chi connectivity index (χ3v) is 10.6. The molecule has 0 spiro atoms. The molecule has 2 unspecified atom stereocenters. The molecule has 5 aromatic carbocycles. The lowest BCUT2D eigenvalue weighted by atomic mass is 9.80. The highest BCUT2D eigenvalue weighted by Crippen LogP contribution is 2.54. The van der Waals surface area contributed by atoms with Crippen molar-refractivity contribution in [2.45, 2.75) is 44.1 Å². The third kappa shape index (κ3) is 4.49. The standard InChI is InChI=1S/C45H37N3/c1-44(2)39-20-12-10-19-37(39)38-28-35-26-32(27-40(38)44)36-18-11-13-21-42(36)48(35)34-24-22-31(23-25-34)43-46-41(30-14-6-4-7-15-30)29-45(3,47-43)33-16-8-5-9-17-33/h4-28,32H,29H2,1-3H3. The van der Waals surface area contributed by atoms with Crippen LogP contribution < -0.4 is 4.90 Å². The van der Waals surface area contributed by atoms with E-state index in [0.717, 1.165) is 34.8 Å². The van der Waals surface area contributed by atoms with Crippen LogP contribution in [-0.2, 0) is 11.0 Å². The summed E-state index contributed by atoms with van der Waals surface area (Å²) >= 11 is 0. The van der Waals surface area contributed by atoms with E-state index in [-0.39, 0.29) is 11.3 Å².